The summed E-state index contributed by atoms with van der Waals surface area (Å²) in [4.78, 5) is 0. The molecule has 1 heterocycles. The van der Waals surface area contributed by atoms with E-state index in [0.29, 0.717) is 26.1 Å². The molecule has 1 N–H and O–H groups in total. The summed E-state index contributed by atoms with van der Waals surface area (Å²) in [7, 11) is -3.05. The largest absolute Gasteiger partial charge is 0.377 e. The number of sulfone groups is 1. The van der Waals surface area contributed by atoms with Crippen LogP contribution in [0.1, 0.15) is 18.9 Å². The van der Waals surface area contributed by atoms with Gasteiger partial charge in [0, 0.05) is 19.7 Å². The Morgan fingerprint density at radius 1 is 1.32 bits per heavy atom. The Bertz CT molecular complexity index is 487. The minimum Gasteiger partial charge on any atom is -0.377 e. The maximum atomic E-state index is 12.1. The van der Waals surface area contributed by atoms with Crippen LogP contribution in [0.2, 0.25) is 0 Å². The molecule has 5 heteroatoms. The van der Waals surface area contributed by atoms with Crippen LogP contribution in [0.4, 0.5) is 0 Å². The van der Waals surface area contributed by atoms with Gasteiger partial charge in [-0.05, 0) is 18.9 Å². The van der Waals surface area contributed by atoms with Crippen LogP contribution in [0.15, 0.2) is 30.3 Å². The molecule has 0 spiro atoms. The molecule has 106 valence electrons. The van der Waals surface area contributed by atoms with Crippen molar-refractivity contribution < 1.29 is 13.2 Å². The normalized spacial score (nSPS) is 23.6. The summed E-state index contributed by atoms with van der Waals surface area (Å²) in [5, 5.41) is 2.85. The number of benzene rings is 1. The monoisotopic (exact) mass is 283 g/mol. The Labute approximate surface area is 115 Å². The Balaban J connectivity index is 1.76. The minimum absolute atomic E-state index is 0.167. The maximum absolute atomic E-state index is 12.1. The Hall–Kier alpha value is -0.910. The summed E-state index contributed by atoms with van der Waals surface area (Å²) in [5.41, 5.74) is 1.16. The highest BCUT2D eigenvalue weighted by Crippen LogP contribution is 2.21. The molecular weight excluding hydrogens is 262 g/mol. The fourth-order valence-electron chi connectivity index (χ4n) is 2.38. The van der Waals surface area contributed by atoms with Gasteiger partial charge in [-0.15, -0.1) is 0 Å². The second-order valence-electron chi connectivity index (χ2n) is 4.93. The zero-order chi connectivity index (χ0) is 13.7. The number of hydrogen-bond donors (Lipinski definition) is 1. The summed E-state index contributed by atoms with van der Waals surface area (Å²) in [6.07, 6.45) is 0.460. The molecule has 1 aromatic rings. The van der Waals surface area contributed by atoms with Gasteiger partial charge in [0.05, 0.1) is 17.1 Å². The number of hydrogen-bond acceptors (Lipinski definition) is 4. The quantitative estimate of drug-likeness (QED) is 0.801. The first-order valence-electron chi connectivity index (χ1n) is 6.67. The van der Waals surface area contributed by atoms with Crippen LogP contribution in [0.25, 0.3) is 0 Å². The standard InChI is InChI=1S/C14H21NO3S/c1-12-14(7-9-18-12)19(16,17)10-8-15-11-13-5-3-2-4-6-13/h2-6,12,14-15H,7-11H2,1H3. The molecule has 1 saturated heterocycles. The summed E-state index contributed by atoms with van der Waals surface area (Å²) >= 11 is 0. The van der Waals surface area contributed by atoms with Crippen LogP contribution in [0, 0.1) is 0 Å². The summed E-state index contributed by atoms with van der Waals surface area (Å²) < 4.78 is 29.6. The molecule has 1 aliphatic rings. The molecule has 0 radical (unpaired) electrons. The average molecular weight is 283 g/mol. The smallest absolute Gasteiger partial charge is 0.157 e. The van der Waals surface area contributed by atoms with E-state index < -0.39 is 9.84 Å². The van der Waals surface area contributed by atoms with E-state index in [9.17, 15) is 8.42 Å². The first-order valence-corrected chi connectivity index (χ1v) is 8.39. The van der Waals surface area contributed by atoms with Crippen molar-refractivity contribution in [2.45, 2.75) is 31.2 Å². The van der Waals surface area contributed by atoms with Crippen molar-refractivity contribution in [1.82, 2.24) is 5.32 Å². The molecule has 0 aliphatic carbocycles. The fraction of sp³-hybridized carbons (Fsp3) is 0.571. The summed E-state index contributed by atoms with van der Waals surface area (Å²) in [6.45, 7) is 3.59. The van der Waals surface area contributed by atoms with Gasteiger partial charge >= 0.3 is 0 Å². The van der Waals surface area contributed by atoms with E-state index in [0.717, 1.165) is 5.56 Å². The molecule has 1 aromatic carbocycles. The van der Waals surface area contributed by atoms with Gasteiger partial charge < -0.3 is 10.1 Å². The van der Waals surface area contributed by atoms with Crippen molar-refractivity contribution in [1.29, 1.82) is 0 Å². The van der Waals surface area contributed by atoms with E-state index in [4.69, 9.17) is 4.74 Å². The molecule has 4 nitrogen and oxygen atoms in total. The maximum Gasteiger partial charge on any atom is 0.157 e. The first-order chi connectivity index (χ1) is 9.09. The van der Waals surface area contributed by atoms with E-state index in [2.05, 4.69) is 5.32 Å². The highest BCUT2D eigenvalue weighted by molar-refractivity contribution is 7.92. The lowest BCUT2D eigenvalue weighted by molar-refractivity contribution is 0.126. The fourth-order valence-corrected chi connectivity index (χ4v) is 4.23. The van der Waals surface area contributed by atoms with Gasteiger partial charge in [-0.1, -0.05) is 30.3 Å². The molecule has 2 unspecified atom stereocenters. The van der Waals surface area contributed by atoms with Gasteiger partial charge in [-0.3, -0.25) is 0 Å². The van der Waals surface area contributed by atoms with Crippen LogP contribution < -0.4 is 5.32 Å². The zero-order valence-corrected chi connectivity index (χ0v) is 12.0. The van der Waals surface area contributed by atoms with Gasteiger partial charge in [-0.2, -0.15) is 0 Å². The molecule has 2 atom stereocenters. The third kappa shape index (κ3) is 4.03. The number of nitrogens with one attached hydrogen (secondary N) is 1. The summed E-state index contributed by atoms with van der Waals surface area (Å²) in [5.74, 6) is 0.179. The third-order valence-corrected chi connectivity index (χ3v) is 5.82. The lowest BCUT2D eigenvalue weighted by Gasteiger charge is -2.15. The van der Waals surface area contributed by atoms with Crippen LogP contribution >= 0.6 is 0 Å². The molecular formula is C14H21NO3S. The van der Waals surface area contributed by atoms with Crippen LogP contribution in [-0.4, -0.2) is 38.7 Å². The third-order valence-electron chi connectivity index (χ3n) is 3.50. The second kappa shape index (κ2) is 6.50. The van der Waals surface area contributed by atoms with Crippen molar-refractivity contribution >= 4 is 9.84 Å². The topological polar surface area (TPSA) is 55.4 Å². The van der Waals surface area contributed by atoms with Crippen LogP contribution in [-0.2, 0) is 21.1 Å². The van der Waals surface area contributed by atoms with Gasteiger partial charge in [0.1, 0.15) is 0 Å². The van der Waals surface area contributed by atoms with E-state index >= 15 is 0 Å². The van der Waals surface area contributed by atoms with E-state index in [1.807, 2.05) is 37.3 Å². The molecule has 1 fully saturated rings. The SMILES string of the molecule is CC1OCCC1S(=O)(=O)CCNCc1ccccc1. The average Bonchev–Trinajstić information content (AvgIpc) is 2.83. The zero-order valence-electron chi connectivity index (χ0n) is 11.2. The Kier molecular flexibility index (Phi) is 4.96. The number of ether oxygens (including phenoxy) is 1. The van der Waals surface area contributed by atoms with E-state index in [1.54, 1.807) is 0 Å². The van der Waals surface area contributed by atoms with Gasteiger partial charge in [0.25, 0.3) is 0 Å². The summed E-state index contributed by atoms with van der Waals surface area (Å²) in [6, 6.07) is 9.97. The predicted molar refractivity (Wildman–Crippen MR) is 75.8 cm³/mol. The number of rotatable bonds is 6. The molecule has 1 aliphatic heterocycles. The van der Waals surface area contributed by atoms with Crippen molar-refractivity contribution in [2.75, 3.05) is 18.9 Å². The molecule has 0 saturated carbocycles. The highest BCUT2D eigenvalue weighted by atomic mass is 32.2. The second-order valence-corrected chi connectivity index (χ2v) is 7.27. The van der Waals surface area contributed by atoms with Gasteiger partial charge in [0.15, 0.2) is 9.84 Å². The Morgan fingerprint density at radius 3 is 2.68 bits per heavy atom. The lowest BCUT2D eigenvalue weighted by Crippen LogP contribution is -2.33. The van der Waals surface area contributed by atoms with Gasteiger partial charge in [0.2, 0.25) is 0 Å². The van der Waals surface area contributed by atoms with E-state index in [-0.39, 0.29) is 17.1 Å². The van der Waals surface area contributed by atoms with Gasteiger partial charge in [-0.25, -0.2) is 8.42 Å². The predicted octanol–water partition coefficient (Wildman–Crippen LogP) is 1.37. The molecule has 19 heavy (non-hydrogen) atoms. The van der Waals surface area contributed by atoms with Crippen molar-refractivity contribution in [2.24, 2.45) is 0 Å². The van der Waals surface area contributed by atoms with Crippen molar-refractivity contribution in [3.63, 3.8) is 0 Å². The molecule has 0 amide bonds. The minimum atomic E-state index is -3.05. The molecule has 2 rings (SSSR count). The van der Waals surface area contributed by atoms with Crippen LogP contribution in [0.3, 0.4) is 0 Å². The molecule has 0 aromatic heterocycles. The van der Waals surface area contributed by atoms with Crippen molar-refractivity contribution in [3.8, 4) is 0 Å². The first kappa shape index (κ1) is 14.5. The van der Waals surface area contributed by atoms with Crippen LogP contribution in [0.5, 0.6) is 0 Å². The van der Waals surface area contributed by atoms with Crippen molar-refractivity contribution in [3.05, 3.63) is 35.9 Å². The highest BCUT2D eigenvalue weighted by Gasteiger charge is 2.35. The molecule has 0 bridgehead atoms. The Morgan fingerprint density at radius 2 is 2.05 bits per heavy atom. The van der Waals surface area contributed by atoms with E-state index in [1.165, 1.54) is 0 Å². The lowest BCUT2D eigenvalue weighted by atomic mass is 10.2.